The minimum atomic E-state index is -0.362. The van der Waals surface area contributed by atoms with Crippen LogP contribution in [0.5, 0.6) is 5.75 Å². The zero-order valence-corrected chi connectivity index (χ0v) is 17.2. The Labute approximate surface area is 175 Å². The van der Waals surface area contributed by atoms with Gasteiger partial charge < -0.3 is 25.2 Å². The van der Waals surface area contributed by atoms with Crippen molar-refractivity contribution in [3.8, 4) is 5.75 Å². The van der Waals surface area contributed by atoms with Crippen LogP contribution in [0.15, 0.2) is 48.5 Å². The fourth-order valence-electron chi connectivity index (χ4n) is 3.23. The largest absolute Gasteiger partial charge is 0.497 e. The molecule has 1 saturated heterocycles. The first-order chi connectivity index (χ1) is 14.0. The Morgan fingerprint density at radius 3 is 2.59 bits per heavy atom. The van der Waals surface area contributed by atoms with Gasteiger partial charge in [0.05, 0.1) is 33.3 Å². The first-order valence-electron chi connectivity index (χ1n) is 9.58. The maximum absolute atomic E-state index is 13.2. The molecule has 1 heterocycles. The number of hydrogen-bond acceptors (Lipinski definition) is 3. The van der Waals surface area contributed by atoms with E-state index >= 15 is 0 Å². The van der Waals surface area contributed by atoms with Crippen LogP contribution in [-0.4, -0.2) is 55.8 Å². The standard InChI is InChI=1S/C21H25FN4O2S/c1-28-19-7-5-16(6-8-19)14-23-21(29)26-11-9-25(10-12-26)15-20(27)24-18-4-2-3-17(22)13-18/h2-8,13H,9-12,14-15H2,1H3,(H,23,29)(H,24,27)/p+1. The number of piperazine rings is 1. The molecule has 6 nitrogen and oxygen atoms in total. The summed E-state index contributed by atoms with van der Waals surface area (Å²) in [7, 11) is 1.65. The van der Waals surface area contributed by atoms with Gasteiger partial charge in [-0.05, 0) is 48.1 Å². The quantitative estimate of drug-likeness (QED) is 0.614. The van der Waals surface area contributed by atoms with Gasteiger partial charge in [0.15, 0.2) is 11.7 Å². The molecular weight excluding hydrogens is 391 g/mol. The van der Waals surface area contributed by atoms with E-state index in [1.165, 1.54) is 17.0 Å². The van der Waals surface area contributed by atoms with Crippen LogP contribution < -0.4 is 20.3 Å². The molecule has 1 aliphatic heterocycles. The van der Waals surface area contributed by atoms with E-state index in [2.05, 4.69) is 15.5 Å². The minimum Gasteiger partial charge on any atom is -0.497 e. The molecule has 0 bridgehead atoms. The SMILES string of the molecule is COc1ccc(CNC(=S)N2CC[NH+](CC(=O)Nc3cccc(F)c3)CC2)cc1. The molecule has 0 spiro atoms. The molecule has 3 rings (SSSR count). The lowest BCUT2D eigenvalue weighted by Crippen LogP contribution is -3.15. The Morgan fingerprint density at radius 2 is 1.93 bits per heavy atom. The number of benzene rings is 2. The summed E-state index contributed by atoms with van der Waals surface area (Å²) in [5.74, 6) is 0.357. The summed E-state index contributed by atoms with van der Waals surface area (Å²) >= 11 is 5.51. The highest BCUT2D eigenvalue weighted by molar-refractivity contribution is 7.80. The van der Waals surface area contributed by atoms with Crippen molar-refractivity contribution in [2.45, 2.75) is 6.54 Å². The number of amides is 1. The van der Waals surface area contributed by atoms with E-state index in [-0.39, 0.29) is 11.7 Å². The molecule has 0 unspecified atom stereocenters. The topological polar surface area (TPSA) is 58.0 Å². The molecule has 3 N–H and O–H groups in total. The predicted octanol–water partition coefficient (Wildman–Crippen LogP) is 1.05. The van der Waals surface area contributed by atoms with Crippen molar-refractivity contribution in [1.29, 1.82) is 0 Å². The molecular formula is C21H26FN4O2S+. The third-order valence-electron chi connectivity index (χ3n) is 4.88. The van der Waals surface area contributed by atoms with Gasteiger partial charge in [-0.15, -0.1) is 0 Å². The Morgan fingerprint density at radius 1 is 1.21 bits per heavy atom. The molecule has 2 aromatic carbocycles. The third kappa shape index (κ3) is 6.40. The number of ether oxygens (including phenoxy) is 1. The maximum atomic E-state index is 13.2. The summed E-state index contributed by atoms with van der Waals surface area (Å²) in [4.78, 5) is 15.5. The first kappa shape index (κ1) is 21.0. The summed E-state index contributed by atoms with van der Waals surface area (Å²) in [6.07, 6.45) is 0. The van der Waals surface area contributed by atoms with Crippen molar-refractivity contribution in [2.24, 2.45) is 0 Å². The van der Waals surface area contributed by atoms with E-state index in [9.17, 15) is 9.18 Å². The monoisotopic (exact) mass is 417 g/mol. The molecule has 8 heteroatoms. The van der Waals surface area contributed by atoms with Gasteiger partial charge in [0.1, 0.15) is 11.6 Å². The smallest absolute Gasteiger partial charge is 0.279 e. The second-order valence-electron chi connectivity index (χ2n) is 6.98. The van der Waals surface area contributed by atoms with Crippen LogP contribution in [0.4, 0.5) is 10.1 Å². The van der Waals surface area contributed by atoms with E-state index in [0.717, 1.165) is 42.6 Å². The van der Waals surface area contributed by atoms with Gasteiger partial charge >= 0.3 is 0 Å². The number of nitrogens with zero attached hydrogens (tertiary/aromatic N) is 1. The molecule has 0 aliphatic carbocycles. The van der Waals surface area contributed by atoms with Crippen molar-refractivity contribution < 1.29 is 18.8 Å². The zero-order valence-electron chi connectivity index (χ0n) is 16.4. The van der Waals surface area contributed by atoms with Gasteiger partial charge in [-0.1, -0.05) is 18.2 Å². The average molecular weight is 418 g/mol. The van der Waals surface area contributed by atoms with E-state index in [4.69, 9.17) is 17.0 Å². The van der Waals surface area contributed by atoms with Crippen molar-refractivity contribution in [1.82, 2.24) is 10.2 Å². The lowest BCUT2D eigenvalue weighted by atomic mass is 10.2. The van der Waals surface area contributed by atoms with Gasteiger partial charge in [0.25, 0.3) is 5.91 Å². The highest BCUT2D eigenvalue weighted by Gasteiger charge is 2.23. The summed E-state index contributed by atoms with van der Waals surface area (Å²) in [6.45, 7) is 4.23. The van der Waals surface area contributed by atoms with Crippen molar-refractivity contribution in [2.75, 3.05) is 45.2 Å². The number of halogens is 1. The van der Waals surface area contributed by atoms with Crippen LogP contribution in [0.25, 0.3) is 0 Å². The first-order valence-corrected chi connectivity index (χ1v) is 9.99. The molecule has 0 aromatic heterocycles. The molecule has 0 atom stereocenters. The van der Waals surface area contributed by atoms with Gasteiger partial charge in [0.2, 0.25) is 0 Å². The van der Waals surface area contributed by atoms with Crippen molar-refractivity contribution in [3.05, 3.63) is 59.9 Å². The number of methoxy groups -OCH3 is 1. The molecule has 1 fully saturated rings. The van der Waals surface area contributed by atoms with Crippen LogP contribution in [0.3, 0.4) is 0 Å². The Balaban J connectivity index is 1.38. The Bertz CT molecular complexity index is 839. The molecule has 29 heavy (non-hydrogen) atoms. The predicted molar refractivity (Wildman–Crippen MR) is 115 cm³/mol. The second-order valence-corrected chi connectivity index (χ2v) is 7.37. The van der Waals surface area contributed by atoms with E-state index < -0.39 is 0 Å². The highest BCUT2D eigenvalue weighted by atomic mass is 32.1. The summed E-state index contributed by atoms with van der Waals surface area (Å²) in [5.41, 5.74) is 1.61. The highest BCUT2D eigenvalue weighted by Crippen LogP contribution is 2.11. The maximum Gasteiger partial charge on any atom is 0.279 e. The van der Waals surface area contributed by atoms with Gasteiger partial charge in [-0.25, -0.2) is 4.39 Å². The third-order valence-corrected chi connectivity index (χ3v) is 5.28. The number of carbonyl (C=O) groups excluding carboxylic acids is 1. The molecule has 1 amide bonds. The van der Waals surface area contributed by atoms with Gasteiger partial charge in [0, 0.05) is 12.2 Å². The summed E-state index contributed by atoms with van der Waals surface area (Å²) < 4.78 is 18.4. The number of hydrogen-bond donors (Lipinski definition) is 3. The second kappa shape index (κ2) is 10.2. The lowest BCUT2D eigenvalue weighted by Gasteiger charge is -2.33. The summed E-state index contributed by atoms with van der Waals surface area (Å²) in [5, 5.41) is 6.77. The molecule has 0 radical (unpaired) electrons. The van der Waals surface area contributed by atoms with E-state index in [1.807, 2.05) is 24.3 Å². The minimum absolute atomic E-state index is 0.112. The Kier molecular flexibility index (Phi) is 7.37. The van der Waals surface area contributed by atoms with Gasteiger partial charge in [-0.2, -0.15) is 0 Å². The van der Waals surface area contributed by atoms with Crippen LogP contribution in [0.2, 0.25) is 0 Å². The number of anilines is 1. The Hall–Kier alpha value is -2.71. The molecule has 0 saturated carbocycles. The lowest BCUT2D eigenvalue weighted by molar-refractivity contribution is -0.895. The number of carbonyl (C=O) groups is 1. The fourth-order valence-corrected chi connectivity index (χ4v) is 3.49. The number of quaternary nitrogens is 1. The van der Waals surface area contributed by atoms with Crippen LogP contribution in [0, 0.1) is 5.82 Å². The zero-order chi connectivity index (χ0) is 20.6. The van der Waals surface area contributed by atoms with E-state index in [0.29, 0.717) is 18.8 Å². The average Bonchev–Trinajstić information content (AvgIpc) is 2.73. The van der Waals surface area contributed by atoms with Crippen LogP contribution in [-0.2, 0) is 11.3 Å². The van der Waals surface area contributed by atoms with Crippen LogP contribution >= 0.6 is 12.2 Å². The van der Waals surface area contributed by atoms with Crippen LogP contribution in [0.1, 0.15) is 5.56 Å². The molecule has 1 aliphatic rings. The fraction of sp³-hybridized carbons (Fsp3) is 0.333. The number of rotatable bonds is 6. The van der Waals surface area contributed by atoms with Crippen molar-refractivity contribution >= 4 is 28.9 Å². The number of thiocarbonyl (C=S) groups is 1. The van der Waals surface area contributed by atoms with Gasteiger partial charge in [-0.3, -0.25) is 4.79 Å². The molecule has 2 aromatic rings. The van der Waals surface area contributed by atoms with E-state index in [1.54, 1.807) is 19.2 Å². The number of nitrogens with one attached hydrogen (secondary N) is 3. The van der Waals surface area contributed by atoms with Crippen molar-refractivity contribution in [3.63, 3.8) is 0 Å². The molecule has 154 valence electrons. The normalized spacial score (nSPS) is 14.3. The summed E-state index contributed by atoms with van der Waals surface area (Å²) in [6, 6.07) is 13.8.